The number of hydrogen-bond donors (Lipinski definition) is 0. The van der Waals surface area contributed by atoms with Crippen LogP contribution in [0, 0.1) is 0 Å². The minimum absolute atomic E-state index is 0.0316. The molecule has 0 saturated heterocycles. The van der Waals surface area contributed by atoms with E-state index in [0.717, 1.165) is 16.1 Å². The number of rotatable bonds is 4. The molecule has 3 aromatic carbocycles. The van der Waals surface area contributed by atoms with Gasteiger partial charge in [-0.25, -0.2) is 0 Å². The lowest BCUT2D eigenvalue weighted by Gasteiger charge is -2.08. The summed E-state index contributed by atoms with van der Waals surface area (Å²) < 4.78 is 0. The summed E-state index contributed by atoms with van der Waals surface area (Å²) in [6.07, 6.45) is 1.92. The average Bonchev–Trinajstić information content (AvgIpc) is 2.61. The molecular weight excluding hydrogens is 302 g/mol. The van der Waals surface area contributed by atoms with Crippen molar-refractivity contribution in [2.45, 2.75) is 13.0 Å². The van der Waals surface area contributed by atoms with Gasteiger partial charge in [-0.1, -0.05) is 78.3 Å². The van der Waals surface area contributed by atoms with Crippen LogP contribution < -0.4 is 0 Å². The molecular formula is C21H18ClN. The fourth-order valence-corrected chi connectivity index (χ4v) is 2.81. The lowest BCUT2D eigenvalue weighted by atomic mass is 10.0. The van der Waals surface area contributed by atoms with Crippen molar-refractivity contribution >= 4 is 17.8 Å². The highest BCUT2D eigenvalue weighted by molar-refractivity contribution is 6.31. The predicted molar refractivity (Wildman–Crippen MR) is 99.3 cm³/mol. The fourth-order valence-electron chi connectivity index (χ4n) is 2.52. The minimum Gasteiger partial charge on any atom is -0.285 e. The fraction of sp³-hybridized carbons (Fsp3) is 0.0952. The van der Waals surface area contributed by atoms with Gasteiger partial charge in [0.1, 0.15) is 0 Å². The smallest absolute Gasteiger partial charge is 0.0735 e. The molecule has 1 nitrogen and oxygen atoms in total. The molecule has 0 aromatic heterocycles. The zero-order valence-electron chi connectivity index (χ0n) is 13.0. The predicted octanol–water partition coefficient (Wildman–Crippen LogP) is 6.19. The highest BCUT2D eigenvalue weighted by Crippen LogP contribution is 2.25. The summed E-state index contributed by atoms with van der Waals surface area (Å²) in [5, 5.41) is 0.759. The van der Waals surface area contributed by atoms with Crippen molar-refractivity contribution in [1.29, 1.82) is 0 Å². The zero-order valence-corrected chi connectivity index (χ0v) is 13.7. The van der Waals surface area contributed by atoms with Crippen LogP contribution in [0.15, 0.2) is 83.9 Å². The van der Waals surface area contributed by atoms with Gasteiger partial charge in [-0.2, -0.15) is 0 Å². The molecule has 3 aromatic rings. The molecule has 1 atom stereocenters. The van der Waals surface area contributed by atoms with Crippen molar-refractivity contribution in [2.75, 3.05) is 0 Å². The van der Waals surface area contributed by atoms with Gasteiger partial charge < -0.3 is 0 Å². The summed E-state index contributed by atoms with van der Waals surface area (Å²) in [6.45, 7) is 2.05. The highest BCUT2D eigenvalue weighted by Gasteiger charge is 2.06. The van der Waals surface area contributed by atoms with Gasteiger partial charge in [0.15, 0.2) is 0 Å². The van der Waals surface area contributed by atoms with E-state index in [1.807, 2.05) is 36.5 Å². The van der Waals surface area contributed by atoms with Crippen molar-refractivity contribution in [3.8, 4) is 11.1 Å². The molecule has 23 heavy (non-hydrogen) atoms. The molecule has 0 spiro atoms. The van der Waals surface area contributed by atoms with E-state index in [2.05, 4.69) is 60.4 Å². The summed E-state index contributed by atoms with van der Waals surface area (Å²) in [6, 6.07) is 26.6. The Morgan fingerprint density at radius 1 is 0.826 bits per heavy atom. The van der Waals surface area contributed by atoms with Gasteiger partial charge >= 0.3 is 0 Å². The molecule has 0 bridgehead atoms. The Balaban J connectivity index is 1.82. The van der Waals surface area contributed by atoms with E-state index in [1.165, 1.54) is 11.1 Å². The Bertz CT molecular complexity index is 809. The first-order chi connectivity index (χ1) is 11.2. The van der Waals surface area contributed by atoms with Crippen LogP contribution in [-0.2, 0) is 0 Å². The molecule has 0 aliphatic rings. The largest absolute Gasteiger partial charge is 0.285 e. The third-order valence-electron chi connectivity index (χ3n) is 3.80. The standard InChI is InChI=1S/C21H18ClN/c1-16(20-12-5-6-13-21(20)22)23-15-17-8-7-11-19(14-17)18-9-3-2-4-10-18/h2-16H,1H3. The van der Waals surface area contributed by atoms with E-state index in [9.17, 15) is 0 Å². The molecule has 0 fully saturated rings. The maximum atomic E-state index is 6.23. The zero-order chi connectivity index (χ0) is 16.1. The van der Waals surface area contributed by atoms with Gasteiger partial charge in [0.25, 0.3) is 0 Å². The second kappa shape index (κ2) is 7.26. The number of hydrogen-bond acceptors (Lipinski definition) is 1. The van der Waals surface area contributed by atoms with Crippen LogP contribution >= 0.6 is 11.6 Å². The van der Waals surface area contributed by atoms with Crippen LogP contribution in [0.2, 0.25) is 5.02 Å². The normalized spacial score (nSPS) is 12.4. The first kappa shape index (κ1) is 15.5. The van der Waals surface area contributed by atoms with E-state index < -0.39 is 0 Å². The van der Waals surface area contributed by atoms with Gasteiger partial charge in [0.2, 0.25) is 0 Å². The molecule has 114 valence electrons. The molecule has 0 heterocycles. The molecule has 0 radical (unpaired) electrons. The van der Waals surface area contributed by atoms with Crippen molar-refractivity contribution in [3.63, 3.8) is 0 Å². The van der Waals surface area contributed by atoms with Gasteiger partial charge in [-0.15, -0.1) is 0 Å². The van der Waals surface area contributed by atoms with Gasteiger partial charge in [-0.3, -0.25) is 4.99 Å². The Morgan fingerprint density at radius 2 is 1.52 bits per heavy atom. The lowest BCUT2D eigenvalue weighted by Crippen LogP contribution is -1.92. The number of nitrogens with zero attached hydrogens (tertiary/aromatic N) is 1. The topological polar surface area (TPSA) is 12.4 Å². The monoisotopic (exact) mass is 319 g/mol. The van der Waals surface area contributed by atoms with Crippen LogP contribution in [-0.4, -0.2) is 6.21 Å². The van der Waals surface area contributed by atoms with Gasteiger partial charge in [-0.05, 0) is 41.3 Å². The first-order valence-electron chi connectivity index (χ1n) is 7.67. The van der Waals surface area contributed by atoms with Crippen LogP contribution in [0.25, 0.3) is 11.1 Å². The van der Waals surface area contributed by atoms with Crippen LogP contribution in [0.5, 0.6) is 0 Å². The Morgan fingerprint density at radius 3 is 2.30 bits per heavy atom. The number of halogens is 1. The summed E-state index contributed by atoms with van der Waals surface area (Å²) in [4.78, 5) is 4.65. The summed E-state index contributed by atoms with van der Waals surface area (Å²) in [7, 11) is 0. The summed E-state index contributed by atoms with van der Waals surface area (Å²) in [5.74, 6) is 0. The Kier molecular flexibility index (Phi) is 4.89. The molecule has 0 aliphatic carbocycles. The highest BCUT2D eigenvalue weighted by atomic mass is 35.5. The Hall–Kier alpha value is -2.38. The molecule has 3 rings (SSSR count). The van der Waals surface area contributed by atoms with Crippen molar-refractivity contribution in [1.82, 2.24) is 0 Å². The number of benzene rings is 3. The quantitative estimate of drug-likeness (QED) is 0.509. The van der Waals surface area contributed by atoms with E-state index in [1.54, 1.807) is 0 Å². The van der Waals surface area contributed by atoms with E-state index in [-0.39, 0.29) is 6.04 Å². The Labute approximate surface area is 142 Å². The van der Waals surface area contributed by atoms with Crippen LogP contribution in [0.3, 0.4) is 0 Å². The lowest BCUT2D eigenvalue weighted by molar-refractivity contribution is 0.825. The third-order valence-corrected chi connectivity index (χ3v) is 4.14. The van der Waals surface area contributed by atoms with Gasteiger partial charge in [0, 0.05) is 11.2 Å². The van der Waals surface area contributed by atoms with Crippen molar-refractivity contribution in [2.24, 2.45) is 4.99 Å². The first-order valence-corrected chi connectivity index (χ1v) is 8.05. The second-order valence-corrected chi connectivity index (χ2v) is 5.87. The summed E-state index contributed by atoms with van der Waals surface area (Å²) >= 11 is 6.23. The van der Waals surface area contributed by atoms with E-state index >= 15 is 0 Å². The molecule has 2 heteroatoms. The minimum atomic E-state index is 0.0316. The van der Waals surface area contributed by atoms with Crippen molar-refractivity contribution < 1.29 is 0 Å². The third kappa shape index (κ3) is 3.88. The van der Waals surface area contributed by atoms with Crippen LogP contribution in [0.4, 0.5) is 0 Å². The summed E-state index contributed by atoms with van der Waals surface area (Å²) in [5.41, 5.74) is 4.54. The maximum absolute atomic E-state index is 6.23. The molecule has 0 N–H and O–H groups in total. The molecule has 0 amide bonds. The van der Waals surface area contributed by atoms with Crippen molar-refractivity contribution in [3.05, 3.63) is 95.0 Å². The molecule has 1 unspecified atom stereocenters. The van der Waals surface area contributed by atoms with E-state index in [0.29, 0.717) is 0 Å². The van der Waals surface area contributed by atoms with Gasteiger partial charge in [0.05, 0.1) is 6.04 Å². The molecule has 0 saturated carbocycles. The van der Waals surface area contributed by atoms with E-state index in [4.69, 9.17) is 11.6 Å². The second-order valence-electron chi connectivity index (χ2n) is 5.47. The SMILES string of the molecule is CC(N=Cc1cccc(-c2ccccc2)c1)c1ccccc1Cl. The number of aliphatic imine (C=N–C) groups is 1. The molecule has 0 aliphatic heterocycles. The maximum Gasteiger partial charge on any atom is 0.0735 e. The average molecular weight is 320 g/mol. The van der Waals surface area contributed by atoms with Crippen LogP contribution in [0.1, 0.15) is 24.1 Å².